The second-order valence-corrected chi connectivity index (χ2v) is 6.26. The molecular formula is C15H17N3O4. The molecule has 0 spiro atoms. The second kappa shape index (κ2) is 5.17. The normalized spacial score (nSPS) is 30.9. The number of hydrogen-bond acceptors (Lipinski definition) is 5. The molecule has 7 nitrogen and oxygen atoms in total. The summed E-state index contributed by atoms with van der Waals surface area (Å²) in [5.41, 5.74) is -1.60. The Morgan fingerprint density at radius 1 is 1.09 bits per heavy atom. The quantitative estimate of drug-likeness (QED) is 0.481. The number of nitrogens with zero attached hydrogens (tertiary/aromatic N) is 3. The van der Waals surface area contributed by atoms with Crippen LogP contribution in [0.25, 0.3) is 0 Å². The molecule has 1 aromatic carbocycles. The monoisotopic (exact) mass is 303 g/mol. The Morgan fingerprint density at radius 2 is 1.82 bits per heavy atom. The molecule has 0 radical (unpaired) electrons. The zero-order chi connectivity index (χ0) is 15.8. The lowest BCUT2D eigenvalue weighted by molar-refractivity contribution is -0.619. The number of hydrogen-bond donors (Lipinski definition) is 0. The summed E-state index contributed by atoms with van der Waals surface area (Å²) in [6.07, 6.45) is 3.38. The molecular weight excluding hydrogens is 286 g/mol. The number of nitro groups is 2. The topological polar surface area (TPSA) is 89.5 Å². The lowest BCUT2D eigenvalue weighted by Crippen LogP contribution is -2.65. The van der Waals surface area contributed by atoms with Crippen molar-refractivity contribution in [3.05, 3.63) is 68.3 Å². The zero-order valence-corrected chi connectivity index (χ0v) is 12.1. The van der Waals surface area contributed by atoms with Crippen molar-refractivity contribution in [2.24, 2.45) is 0 Å². The van der Waals surface area contributed by atoms with Gasteiger partial charge in [0, 0.05) is 22.8 Å². The van der Waals surface area contributed by atoms with Crippen molar-refractivity contribution in [1.29, 1.82) is 0 Å². The van der Waals surface area contributed by atoms with Gasteiger partial charge in [0.05, 0.1) is 19.5 Å². The van der Waals surface area contributed by atoms with Crippen LogP contribution in [0.2, 0.25) is 0 Å². The second-order valence-electron chi connectivity index (χ2n) is 6.26. The summed E-state index contributed by atoms with van der Waals surface area (Å²) < 4.78 is 0. The maximum atomic E-state index is 11.6. The first kappa shape index (κ1) is 14.6. The maximum Gasteiger partial charge on any atom is 0.259 e. The van der Waals surface area contributed by atoms with E-state index < -0.39 is 11.1 Å². The van der Waals surface area contributed by atoms with Crippen LogP contribution in [0.5, 0.6) is 0 Å². The summed E-state index contributed by atoms with van der Waals surface area (Å²) in [5, 5.41) is 23.1. The van der Waals surface area contributed by atoms with Crippen LogP contribution in [0.1, 0.15) is 18.4 Å². The molecule has 0 unspecified atom stereocenters. The highest BCUT2D eigenvalue weighted by Gasteiger charge is 2.62. The predicted octanol–water partition coefficient (Wildman–Crippen LogP) is 1.88. The van der Waals surface area contributed by atoms with Gasteiger partial charge in [0.15, 0.2) is 0 Å². The van der Waals surface area contributed by atoms with Crippen LogP contribution in [0.4, 0.5) is 0 Å². The Labute approximate surface area is 127 Å². The first-order chi connectivity index (χ1) is 10.5. The summed E-state index contributed by atoms with van der Waals surface area (Å²) in [5.74, 6) is 0. The minimum absolute atomic E-state index is 0.0260. The molecule has 1 aromatic rings. The first-order valence-electron chi connectivity index (χ1n) is 7.19. The van der Waals surface area contributed by atoms with Crippen LogP contribution >= 0.6 is 0 Å². The van der Waals surface area contributed by atoms with Gasteiger partial charge in [-0.3, -0.25) is 25.1 Å². The van der Waals surface area contributed by atoms with E-state index in [-0.39, 0.29) is 35.8 Å². The van der Waals surface area contributed by atoms with Crippen LogP contribution in [0.15, 0.2) is 42.5 Å². The van der Waals surface area contributed by atoms with Crippen LogP contribution in [-0.4, -0.2) is 38.9 Å². The molecule has 2 atom stereocenters. The Balaban J connectivity index is 1.92. The zero-order valence-electron chi connectivity index (χ0n) is 12.1. The van der Waals surface area contributed by atoms with Crippen molar-refractivity contribution in [2.45, 2.75) is 30.5 Å². The van der Waals surface area contributed by atoms with Crippen LogP contribution < -0.4 is 0 Å². The highest BCUT2D eigenvalue weighted by Crippen LogP contribution is 2.40. The smallest absolute Gasteiger partial charge is 0.259 e. The van der Waals surface area contributed by atoms with Gasteiger partial charge < -0.3 is 0 Å². The van der Waals surface area contributed by atoms with E-state index in [0.29, 0.717) is 6.54 Å². The van der Waals surface area contributed by atoms with E-state index in [1.807, 2.05) is 35.2 Å². The number of rotatable bonds is 4. The summed E-state index contributed by atoms with van der Waals surface area (Å²) in [7, 11) is 0. The molecule has 1 saturated heterocycles. The third kappa shape index (κ3) is 2.37. The Morgan fingerprint density at radius 3 is 2.45 bits per heavy atom. The fourth-order valence-corrected chi connectivity index (χ4v) is 3.62. The summed E-state index contributed by atoms with van der Waals surface area (Å²) in [4.78, 5) is 24.3. The van der Waals surface area contributed by atoms with E-state index in [4.69, 9.17) is 0 Å². The van der Waals surface area contributed by atoms with Crippen molar-refractivity contribution in [3.8, 4) is 0 Å². The molecule has 3 rings (SSSR count). The lowest BCUT2D eigenvalue weighted by atomic mass is 9.72. The van der Waals surface area contributed by atoms with Gasteiger partial charge in [-0.25, -0.2) is 0 Å². The predicted molar refractivity (Wildman–Crippen MR) is 79.5 cm³/mol. The third-order valence-electron chi connectivity index (χ3n) is 4.58. The first-order valence-corrected chi connectivity index (χ1v) is 7.19. The van der Waals surface area contributed by atoms with Crippen molar-refractivity contribution in [1.82, 2.24) is 4.90 Å². The molecule has 2 bridgehead atoms. The van der Waals surface area contributed by atoms with Crippen LogP contribution in [0.3, 0.4) is 0 Å². The summed E-state index contributed by atoms with van der Waals surface area (Å²) in [6, 6.07) is 9.54. The molecule has 22 heavy (non-hydrogen) atoms. The molecule has 7 heteroatoms. The standard InChI is InChI=1S/C15H17N3O4/c19-17(20)14-7-4-8-15(10-14,18(21)22)12-16(11-14)9-13-5-2-1-3-6-13/h1-7H,8-12H2/t14-,15-/m0/s1. The van der Waals surface area contributed by atoms with E-state index in [1.54, 1.807) is 12.2 Å². The van der Waals surface area contributed by atoms with Gasteiger partial charge in [-0.15, -0.1) is 0 Å². The summed E-state index contributed by atoms with van der Waals surface area (Å²) in [6.45, 7) is 0.940. The average Bonchev–Trinajstić information content (AvgIpc) is 2.47. The number of piperidine rings is 1. The minimum Gasteiger partial charge on any atom is -0.285 e. The Hall–Kier alpha value is -2.28. The Kier molecular flexibility index (Phi) is 3.44. The Bertz CT molecular complexity index is 633. The molecule has 1 aliphatic heterocycles. The fourth-order valence-electron chi connectivity index (χ4n) is 3.62. The van der Waals surface area contributed by atoms with E-state index >= 15 is 0 Å². The van der Waals surface area contributed by atoms with Crippen molar-refractivity contribution < 1.29 is 9.85 Å². The molecule has 0 amide bonds. The number of likely N-dealkylation sites (tertiary alicyclic amines) is 1. The number of benzene rings is 1. The molecule has 1 aliphatic carbocycles. The van der Waals surface area contributed by atoms with Crippen molar-refractivity contribution >= 4 is 0 Å². The van der Waals surface area contributed by atoms with Crippen molar-refractivity contribution in [3.63, 3.8) is 0 Å². The van der Waals surface area contributed by atoms with Gasteiger partial charge in [0.2, 0.25) is 5.54 Å². The maximum absolute atomic E-state index is 11.6. The van der Waals surface area contributed by atoms with E-state index in [9.17, 15) is 20.2 Å². The highest BCUT2D eigenvalue weighted by atomic mass is 16.6. The van der Waals surface area contributed by atoms with Gasteiger partial charge in [-0.2, -0.15) is 0 Å². The molecule has 0 aromatic heterocycles. The van der Waals surface area contributed by atoms with Gasteiger partial charge in [0.1, 0.15) is 0 Å². The highest BCUT2D eigenvalue weighted by molar-refractivity contribution is 5.19. The molecule has 1 fully saturated rings. The molecule has 0 N–H and O–H groups in total. The molecule has 1 heterocycles. The molecule has 2 aliphatic rings. The van der Waals surface area contributed by atoms with Gasteiger partial charge in [-0.05, 0) is 11.6 Å². The molecule has 0 saturated carbocycles. The minimum atomic E-state index is -1.35. The van der Waals surface area contributed by atoms with Gasteiger partial charge in [0.25, 0.3) is 5.54 Å². The average molecular weight is 303 g/mol. The van der Waals surface area contributed by atoms with Gasteiger partial charge >= 0.3 is 0 Å². The largest absolute Gasteiger partial charge is 0.285 e. The summed E-state index contributed by atoms with van der Waals surface area (Å²) >= 11 is 0. The lowest BCUT2D eigenvalue weighted by Gasteiger charge is -2.43. The van der Waals surface area contributed by atoms with Crippen LogP contribution in [0, 0.1) is 20.2 Å². The molecule has 116 valence electrons. The van der Waals surface area contributed by atoms with E-state index in [2.05, 4.69) is 0 Å². The van der Waals surface area contributed by atoms with Gasteiger partial charge in [-0.1, -0.05) is 36.4 Å². The number of fused-ring (bicyclic) bond motifs is 2. The SMILES string of the molecule is O=[N+]([O-])[C@]12C=CC[C@@]([N+](=O)[O-])(CN(Cc3ccccc3)C1)C2. The third-order valence-corrected chi connectivity index (χ3v) is 4.58. The fraction of sp³-hybridized carbons (Fsp3) is 0.467. The van der Waals surface area contributed by atoms with Crippen molar-refractivity contribution in [2.75, 3.05) is 13.1 Å². The van der Waals surface area contributed by atoms with Crippen LogP contribution in [-0.2, 0) is 6.54 Å². The van der Waals surface area contributed by atoms with E-state index in [1.165, 1.54) is 0 Å². The van der Waals surface area contributed by atoms with E-state index in [0.717, 1.165) is 5.56 Å².